The summed E-state index contributed by atoms with van der Waals surface area (Å²) in [7, 11) is 0. The highest BCUT2D eigenvalue weighted by Gasteiger charge is 2.39. The highest BCUT2D eigenvalue weighted by molar-refractivity contribution is 9.11. The van der Waals surface area contributed by atoms with Crippen LogP contribution in [0.4, 0.5) is 17.1 Å². The van der Waals surface area contributed by atoms with Crippen molar-refractivity contribution in [2.75, 3.05) is 0 Å². The van der Waals surface area contributed by atoms with Gasteiger partial charge in [0, 0.05) is 0 Å². The van der Waals surface area contributed by atoms with Gasteiger partial charge in [-0.15, -0.1) is 0 Å². The minimum atomic E-state index is -4.66. The number of hydrogen-bond acceptors (Lipinski definition) is 2. The molecule has 0 radical (unpaired) electrons. The van der Waals surface area contributed by atoms with E-state index in [-0.39, 0.29) is 4.73 Å². The Hall–Kier alpha value is 0.240. The lowest BCUT2D eigenvalue weighted by atomic mass is 10.5. The number of nitrogens with zero attached hydrogens (tertiary/aromatic N) is 2. The van der Waals surface area contributed by atoms with E-state index in [1.807, 2.05) is 0 Å². The normalized spacial score (nSPS) is 12.2. The molecule has 9 heteroatoms. The minimum Gasteiger partial charge on any atom is -0.244 e. The molecule has 13 heavy (non-hydrogen) atoms. The largest absolute Gasteiger partial charge is 0.436 e. The fourth-order valence-corrected chi connectivity index (χ4v) is 1.88. The van der Waals surface area contributed by atoms with E-state index in [0.29, 0.717) is 0 Å². The number of rotatable bonds is 1. The lowest BCUT2D eigenvalue weighted by Gasteiger charge is -2.02. The van der Waals surface area contributed by atoms with Gasteiger partial charge in [-0.25, -0.2) is 8.58 Å². The smallest absolute Gasteiger partial charge is 0.244 e. The number of hydrogen-bond donors (Lipinski definition) is 0. The summed E-state index contributed by atoms with van der Waals surface area (Å²) in [6.07, 6.45) is -4.66. The van der Waals surface area contributed by atoms with Crippen LogP contribution >= 0.6 is 44.2 Å². The Balaban J connectivity index is 3.30. The van der Waals surface area contributed by atoms with Gasteiger partial charge in [-0.1, -0.05) is 0 Å². The predicted octanol–water partition coefficient (Wildman–Crippen LogP) is 3.80. The van der Waals surface area contributed by atoms with Crippen molar-refractivity contribution in [3.05, 3.63) is 10.4 Å². The standard InChI is InChI=1S/C4Br2F4N2S/c5-3-11-1(4(7,8)9)2(13-10)12(3)6. The molecule has 0 saturated carbocycles. The van der Waals surface area contributed by atoms with Crippen molar-refractivity contribution in [3.8, 4) is 0 Å². The molecule has 0 fully saturated rings. The molecule has 0 atom stereocenters. The van der Waals surface area contributed by atoms with E-state index in [2.05, 4.69) is 37.1 Å². The topological polar surface area (TPSA) is 17.8 Å². The molecule has 0 aromatic carbocycles. The van der Waals surface area contributed by atoms with Crippen LogP contribution in [0.1, 0.15) is 5.69 Å². The fourth-order valence-electron chi connectivity index (χ4n) is 0.612. The molecule has 0 amide bonds. The number of halogens is 6. The molecular weight excluding hydrogens is 344 g/mol. The zero-order valence-electron chi connectivity index (χ0n) is 5.57. The van der Waals surface area contributed by atoms with Gasteiger partial charge in [0.05, 0.1) is 16.1 Å². The van der Waals surface area contributed by atoms with Crippen LogP contribution in [-0.4, -0.2) is 8.58 Å². The zero-order valence-corrected chi connectivity index (χ0v) is 9.56. The van der Waals surface area contributed by atoms with Crippen molar-refractivity contribution in [3.63, 3.8) is 0 Å². The highest BCUT2D eigenvalue weighted by Crippen LogP contribution is 2.39. The first-order valence-electron chi connectivity index (χ1n) is 2.68. The van der Waals surface area contributed by atoms with E-state index in [1.54, 1.807) is 0 Å². The van der Waals surface area contributed by atoms with Crippen LogP contribution < -0.4 is 0 Å². The van der Waals surface area contributed by atoms with Gasteiger partial charge in [-0.05, 0) is 15.9 Å². The van der Waals surface area contributed by atoms with Crippen LogP contribution in [0.2, 0.25) is 0 Å². The van der Waals surface area contributed by atoms with Gasteiger partial charge in [0.15, 0.2) is 15.5 Å². The van der Waals surface area contributed by atoms with Crippen LogP contribution in [0.25, 0.3) is 0 Å². The molecule has 0 bridgehead atoms. The molecule has 1 aromatic heterocycles. The van der Waals surface area contributed by atoms with Crippen LogP contribution in [0.5, 0.6) is 0 Å². The summed E-state index contributed by atoms with van der Waals surface area (Å²) in [6.45, 7) is 0. The van der Waals surface area contributed by atoms with Crippen molar-refractivity contribution in [2.45, 2.75) is 11.2 Å². The molecular formula is C4Br2F4N2S. The van der Waals surface area contributed by atoms with E-state index in [0.717, 1.165) is 3.59 Å². The van der Waals surface area contributed by atoms with Crippen LogP contribution in [0.3, 0.4) is 0 Å². The molecule has 0 aliphatic carbocycles. The van der Waals surface area contributed by atoms with Gasteiger partial charge < -0.3 is 0 Å². The minimum absolute atomic E-state index is 0.139. The lowest BCUT2D eigenvalue weighted by Crippen LogP contribution is -2.06. The van der Waals surface area contributed by atoms with E-state index < -0.39 is 29.0 Å². The molecule has 0 aliphatic heterocycles. The Morgan fingerprint density at radius 1 is 1.38 bits per heavy atom. The van der Waals surface area contributed by atoms with Gasteiger partial charge in [0.25, 0.3) is 0 Å². The number of aromatic nitrogens is 2. The second-order valence-corrected chi connectivity index (χ2v) is 3.85. The Morgan fingerprint density at radius 3 is 2.23 bits per heavy atom. The maximum Gasteiger partial charge on any atom is 0.436 e. The van der Waals surface area contributed by atoms with Gasteiger partial charge in [-0.3, -0.25) is 0 Å². The molecule has 0 spiro atoms. The summed E-state index contributed by atoms with van der Waals surface area (Å²) in [5.41, 5.74) is -1.26. The highest BCUT2D eigenvalue weighted by atomic mass is 79.9. The summed E-state index contributed by atoms with van der Waals surface area (Å²) in [5, 5.41) is -0.639. The first kappa shape index (κ1) is 11.3. The summed E-state index contributed by atoms with van der Waals surface area (Å²) in [6, 6.07) is 0. The van der Waals surface area contributed by atoms with E-state index in [9.17, 15) is 17.1 Å². The summed E-state index contributed by atoms with van der Waals surface area (Å²) in [4.78, 5) is 3.10. The van der Waals surface area contributed by atoms with Gasteiger partial charge in [-0.2, -0.15) is 17.1 Å². The molecule has 2 nitrogen and oxygen atoms in total. The van der Waals surface area contributed by atoms with Gasteiger partial charge in [0.2, 0.25) is 0 Å². The Kier molecular flexibility index (Phi) is 3.29. The Morgan fingerprint density at radius 2 is 1.92 bits per heavy atom. The maximum atomic E-state index is 12.1. The predicted molar refractivity (Wildman–Crippen MR) is 46.2 cm³/mol. The van der Waals surface area contributed by atoms with Crippen LogP contribution in [0, 0.1) is 0 Å². The molecule has 1 heterocycles. The summed E-state index contributed by atoms with van der Waals surface area (Å²) in [5.74, 6) is 0. The molecule has 0 N–H and O–H groups in total. The first-order valence-corrected chi connectivity index (χ1v) is 4.90. The van der Waals surface area contributed by atoms with E-state index in [4.69, 9.17) is 0 Å². The second kappa shape index (κ2) is 3.77. The van der Waals surface area contributed by atoms with Crippen molar-refractivity contribution < 1.29 is 17.1 Å². The number of alkyl halides is 3. The molecule has 1 rings (SSSR count). The molecule has 0 unspecified atom stereocenters. The van der Waals surface area contributed by atoms with E-state index >= 15 is 0 Å². The van der Waals surface area contributed by atoms with Gasteiger partial charge in [0.1, 0.15) is 12.1 Å². The van der Waals surface area contributed by atoms with Crippen molar-refractivity contribution in [1.82, 2.24) is 8.58 Å². The SMILES string of the molecule is FSc1c(C(F)(F)F)nc(Br)n1Br. The van der Waals surface area contributed by atoms with Crippen molar-refractivity contribution >= 4 is 44.2 Å². The Bertz CT molecular complexity index is 323. The van der Waals surface area contributed by atoms with E-state index in [1.165, 1.54) is 0 Å². The van der Waals surface area contributed by atoms with Crippen LogP contribution in [0.15, 0.2) is 9.76 Å². The third kappa shape index (κ3) is 2.18. The zero-order chi connectivity index (χ0) is 10.2. The average molecular weight is 344 g/mol. The first-order chi connectivity index (χ1) is 5.88. The fraction of sp³-hybridized carbons (Fsp3) is 0.250. The van der Waals surface area contributed by atoms with Crippen LogP contribution in [-0.2, 0) is 6.18 Å². The quantitative estimate of drug-likeness (QED) is 0.722. The maximum absolute atomic E-state index is 12.1. The molecule has 0 aliphatic rings. The summed E-state index contributed by atoms with van der Waals surface area (Å²) < 4.78 is 49.1. The Labute approximate surface area is 91.5 Å². The average Bonchev–Trinajstić information content (AvgIpc) is 2.28. The van der Waals surface area contributed by atoms with Crippen molar-refractivity contribution in [1.29, 1.82) is 0 Å². The molecule has 0 saturated heterocycles. The second-order valence-electron chi connectivity index (χ2n) is 1.89. The molecule has 74 valence electrons. The number of imidazole rings is 1. The summed E-state index contributed by atoms with van der Waals surface area (Å²) >= 11 is 4.90. The molecule has 1 aromatic rings. The third-order valence-electron chi connectivity index (χ3n) is 1.09. The lowest BCUT2D eigenvalue weighted by molar-refractivity contribution is -0.143. The van der Waals surface area contributed by atoms with Crippen molar-refractivity contribution in [2.24, 2.45) is 0 Å². The van der Waals surface area contributed by atoms with Gasteiger partial charge >= 0.3 is 6.18 Å². The third-order valence-corrected chi connectivity index (χ3v) is 3.54. The monoisotopic (exact) mass is 342 g/mol.